The van der Waals surface area contributed by atoms with Crippen molar-refractivity contribution in [2.75, 3.05) is 13.1 Å². The van der Waals surface area contributed by atoms with Gasteiger partial charge in [-0.2, -0.15) is 0 Å². The minimum atomic E-state index is -0.0777. The molecule has 0 amide bonds. The molecule has 3 aliphatic heterocycles. The first kappa shape index (κ1) is 19.3. The Bertz CT molecular complexity index is 1040. The SMILES string of the molecule is C=C[C@H]1CN2CC[C@H]1C[C@@H]2[C@H](OCc1ccccc1)c1ccnc2ccc(O)cc12. The molecule has 0 spiro atoms. The zero-order chi connectivity index (χ0) is 20.5. The zero-order valence-electron chi connectivity index (χ0n) is 17.2. The van der Waals surface area contributed by atoms with Gasteiger partial charge in [-0.25, -0.2) is 0 Å². The molecule has 1 unspecified atom stereocenters. The van der Waals surface area contributed by atoms with Crippen LogP contribution in [-0.2, 0) is 11.3 Å². The Hall–Kier alpha value is -2.69. The van der Waals surface area contributed by atoms with E-state index in [0.29, 0.717) is 24.5 Å². The van der Waals surface area contributed by atoms with Crippen molar-refractivity contribution in [3.05, 3.63) is 84.6 Å². The van der Waals surface area contributed by atoms with Crippen LogP contribution in [0.4, 0.5) is 0 Å². The lowest BCUT2D eigenvalue weighted by atomic mass is 9.73. The molecule has 0 saturated carbocycles. The Morgan fingerprint density at radius 3 is 2.83 bits per heavy atom. The van der Waals surface area contributed by atoms with Crippen LogP contribution in [0.1, 0.15) is 30.1 Å². The summed E-state index contributed by atoms with van der Waals surface area (Å²) in [6.45, 7) is 6.79. The number of piperidine rings is 3. The van der Waals surface area contributed by atoms with Crippen molar-refractivity contribution in [1.29, 1.82) is 0 Å². The molecule has 3 aliphatic rings. The van der Waals surface area contributed by atoms with Gasteiger partial charge >= 0.3 is 0 Å². The highest BCUT2D eigenvalue weighted by atomic mass is 16.5. The summed E-state index contributed by atoms with van der Waals surface area (Å²) < 4.78 is 6.65. The average molecular weight is 401 g/mol. The number of fused-ring (bicyclic) bond motifs is 4. The lowest BCUT2D eigenvalue weighted by molar-refractivity contribution is -0.0803. The van der Waals surface area contributed by atoms with Gasteiger partial charge in [0.05, 0.1) is 18.2 Å². The molecule has 4 heterocycles. The number of nitrogens with zero attached hydrogens (tertiary/aromatic N) is 2. The summed E-state index contributed by atoms with van der Waals surface area (Å²) in [4.78, 5) is 7.09. The highest BCUT2D eigenvalue weighted by Crippen LogP contribution is 2.43. The smallest absolute Gasteiger partial charge is 0.116 e. The standard InChI is InChI=1S/C26H28N2O2/c1-2-19-16-28-13-11-20(19)14-25(28)26(30-17-18-6-4-3-5-7-18)22-10-12-27-24-9-8-21(29)15-23(22)24/h2-10,12,15,19-20,25-26,29H,1,11,13-14,16-17H2/t19-,20-,25+,26+/m0/s1. The number of aromatic hydroxyl groups is 1. The quantitative estimate of drug-likeness (QED) is 0.585. The largest absolute Gasteiger partial charge is 0.508 e. The molecule has 3 aromatic rings. The van der Waals surface area contributed by atoms with E-state index in [0.717, 1.165) is 36.0 Å². The van der Waals surface area contributed by atoms with E-state index in [4.69, 9.17) is 4.74 Å². The van der Waals surface area contributed by atoms with Crippen LogP contribution >= 0.6 is 0 Å². The molecule has 0 aliphatic carbocycles. The summed E-state index contributed by atoms with van der Waals surface area (Å²) in [7, 11) is 0. The zero-order valence-corrected chi connectivity index (χ0v) is 17.2. The van der Waals surface area contributed by atoms with Crippen molar-refractivity contribution in [2.45, 2.75) is 31.6 Å². The van der Waals surface area contributed by atoms with Gasteiger partial charge < -0.3 is 9.84 Å². The van der Waals surface area contributed by atoms with E-state index < -0.39 is 0 Å². The van der Waals surface area contributed by atoms with Gasteiger partial charge in [0.15, 0.2) is 0 Å². The first-order valence-corrected chi connectivity index (χ1v) is 10.8. The molecule has 4 nitrogen and oxygen atoms in total. The van der Waals surface area contributed by atoms with E-state index in [1.165, 1.54) is 12.0 Å². The maximum atomic E-state index is 10.1. The highest BCUT2D eigenvalue weighted by molar-refractivity contribution is 5.83. The molecule has 1 aromatic heterocycles. The summed E-state index contributed by atoms with van der Waals surface area (Å²) in [6, 6.07) is 18.1. The van der Waals surface area contributed by atoms with Gasteiger partial charge in [0, 0.05) is 24.2 Å². The third-order valence-electron chi connectivity index (χ3n) is 6.84. The second kappa shape index (κ2) is 8.21. The number of phenols is 1. The topological polar surface area (TPSA) is 45.6 Å². The molecule has 0 radical (unpaired) electrons. The Morgan fingerprint density at radius 1 is 1.20 bits per heavy atom. The summed E-state index contributed by atoms with van der Waals surface area (Å²) in [5, 5.41) is 11.1. The molecule has 6 rings (SSSR count). The van der Waals surface area contributed by atoms with E-state index in [2.05, 4.69) is 40.7 Å². The predicted molar refractivity (Wildman–Crippen MR) is 119 cm³/mol. The number of rotatable bonds is 6. The van der Waals surface area contributed by atoms with Crippen molar-refractivity contribution in [1.82, 2.24) is 9.88 Å². The molecule has 30 heavy (non-hydrogen) atoms. The molecule has 2 aromatic carbocycles. The van der Waals surface area contributed by atoms with Gasteiger partial charge in [-0.05, 0) is 66.6 Å². The molecule has 2 bridgehead atoms. The number of pyridine rings is 1. The molecule has 1 N–H and O–H groups in total. The lowest BCUT2D eigenvalue weighted by Crippen LogP contribution is -2.55. The van der Waals surface area contributed by atoms with Crippen LogP contribution in [0.25, 0.3) is 10.9 Å². The average Bonchev–Trinajstić information content (AvgIpc) is 2.80. The van der Waals surface area contributed by atoms with Crippen molar-refractivity contribution in [2.24, 2.45) is 11.8 Å². The molecule has 3 saturated heterocycles. The number of hydrogen-bond donors (Lipinski definition) is 1. The van der Waals surface area contributed by atoms with E-state index in [9.17, 15) is 5.11 Å². The van der Waals surface area contributed by atoms with Crippen molar-refractivity contribution in [3.63, 3.8) is 0 Å². The van der Waals surface area contributed by atoms with Crippen LogP contribution in [0, 0.1) is 11.8 Å². The van der Waals surface area contributed by atoms with Crippen LogP contribution in [0.15, 0.2) is 73.4 Å². The third-order valence-corrected chi connectivity index (χ3v) is 6.84. The number of hydrogen-bond acceptors (Lipinski definition) is 4. The maximum absolute atomic E-state index is 10.1. The molecular weight excluding hydrogens is 372 g/mol. The molecule has 154 valence electrons. The fourth-order valence-electron chi connectivity index (χ4n) is 5.26. The summed E-state index contributed by atoms with van der Waals surface area (Å²) in [6.07, 6.45) is 6.25. The van der Waals surface area contributed by atoms with Crippen LogP contribution in [0.2, 0.25) is 0 Å². The van der Waals surface area contributed by atoms with E-state index in [1.54, 1.807) is 6.07 Å². The molecule has 4 heteroatoms. The van der Waals surface area contributed by atoms with Crippen LogP contribution in [0.3, 0.4) is 0 Å². The van der Waals surface area contributed by atoms with E-state index in [-0.39, 0.29) is 11.9 Å². The molecule has 3 fully saturated rings. The van der Waals surface area contributed by atoms with Gasteiger partial charge in [-0.3, -0.25) is 9.88 Å². The fraction of sp³-hybridized carbons (Fsp3) is 0.346. The minimum Gasteiger partial charge on any atom is -0.508 e. The minimum absolute atomic E-state index is 0.0777. The lowest BCUT2D eigenvalue weighted by Gasteiger charge is -2.51. The monoisotopic (exact) mass is 400 g/mol. The van der Waals surface area contributed by atoms with Gasteiger partial charge in [0.2, 0.25) is 0 Å². The van der Waals surface area contributed by atoms with Crippen molar-refractivity contribution >= 4 is 10.9 Å². The Morgan fingerprint density at radius 2 is 2.07 bits per heavy atom. The number of benzene rings is 2. The first-order chi connectivity index (χ1) is 14.7. The predicted octanol–water partition coefficient (Wildman–Crippen LogP) is 5.09. The normalized spacial score (nSPS) is 26.5. The summed E-state index contributed by atoms with van der Waals surface area (Å²) in [5.74, 6) is 1.50. The maximum Gasteiger partial charge on any atom is 0.116 e. The molecular formula is C26H28N2O2. The van der Waals surface area contributed by atoms with Gasteiger partial charge in [0.1, 0.15) is 5.75 Å². The Balaban J connectivity index is 1.52. The second-order valence-electron chi connectivity index (χ2n) is 8.57. The van der Waals surface area contributed by atoms with Crippen molar-refractivity contribution < 1.29 is 9.84 Å². The van der Waals surface area contributed by atoms with Crippen LogP contribution in [0.5, 0.6) is 5.75 Å². The third kappa shape index (κ3) is 3.62. The van der Waals surface area contributed by atoms with Crippen LogP contribution in [-0.4, -0.2) is 34.1 Å². The number of phenolic OH excluding ortho intramolecular Hbond substituents is 1. The Labute approximate surface area is 177 Å². The number of aromatic nitrogens is 1. The van der Waals surface area contributed by atoms with Gasteiger partial charge in [-0.15, -0.1) is 6.58 Å². The first-order valence-electron chi connectivity index (χ1n) is 10.8. The summed E-state index contributed by atoms with van der Waals surface area (Å²) in [5.41, 5.74) is 3.17. The fourth-order valence-corrected chi connectivity index (χ4v) is 5.26. The van der Waals surface area contributed by atoms with Gasteiger partial charge in [0.25, 0.3) is 0 Å². The van der Waals surface area contributed by atoms with E-state index in [1.807, 2.05) is 36.5 Å². The highest BCUT2D eigenvalue weighted by Gasteiger charge is 2.43. The Kier molecular flexibility index (Phi) is 5.28. The van der Waals surface area contributed by atoms with Gasteiger partial charge in [-0.1, -0.05) is 36.4 Å². The van der Waals surface area contributed by atoms with E-state index >= 15 is 0 Å². The summed E-state index contributed by atoms with van der Waals surface area (Å²) >= 11 is 0. The van der Waals surface area contributed by atoms with Crippen molar-refractivity contribution in [3.8, 4) is 5.75 Å². The second-order valence-corrected chi connectivity index (χ2v) is 8.57. The molecule has 5 atom stereocenters. The number of ether oxygens (including phenoxy) is 1. The van der Waals surface area contributed by atoms with Crippen LogP contribution < -0.4 is 0 Å².